The molecular formula is C46H81N3O11. The molecule has 0 aromatic rings. The standard InChI is InChI=1S/C46H81N3O11/c1-45(2,3)59-41(54)24-22-20-18-16-14-12-10-8-7-9-11-13-15-17-19-21-23-38(50)47-33-34-25-27-35(28-26-34)42(55)49-37(44(58)60-46(4,5)6)29-31-39(51)48-36(43(56)57)30-32-40(52)53/h34-37H,7-33H2,1-6H3,(H,47,50)(H,48,51)(H,49,55)(H,52,53)(H,56,57). The molecule has 1 aliphatic carbocycles. The molecular weight excluding hydrogens is 771 g/mol. The van der Waals surface area contributed by atoms with Crippen molar-refractivity contribution in [1.29, 1.82) is 0 Å². The average molecular weight is 852 g/mol. The molecule has 2 atom stereocenters. The van der Waals surface area contributed by atoms with Gasteiger partial charge in [-0.3, -0.25) is 24.0 Å². The summed E-state index contributed by atoms with van der Waals surface area (Å²) >= 11 is 0. The summed E-state index contributed by atoms with van der Waals surface area (Å²) in [5.74, 6) is -4.35. The fourth-order valence-corrected chi connectivity index (χ4v) is 7.38. The van der Waals surface area contributed by atoms with E-state index in [4.69, 9.17) is 14.6 Å². The average Bonchev–Trinajstić information content (AvgIpc) is 3.15. The Bertz CT molecular complexity index is 1300. The summed E-state index contributed by atoms with van der Waals surface area (Å²) in [5.41, 5.74) is -1.24. The van der Waals surface area contributed by atoms with Crippen LogP contribution in [0, 0.1) is 11.8 Å². The Hall–Kier alpha value is -3.71. The van der Waals surface area contributed by atoms with Crippen LogP contribution in [0.1, 0.15) is 208 Å². The lowest BCUT2D eigenvalue weighted by atomic mass is 9.81. The number of aliphatic carboxylic acids is 2. The third-order valence-corrected chi connectivity index (χ3v) is 10.7. The molecule has 1 rings (SSSR count). The number of hydrogen-bond acceptors (Lipinski definition) is 9. The van der Waals surface area contributed by atoms with Gasteiger partial charge in [0, 0.05) is 38.1 Å². The van der Waals surface area contributed by atoms with Gasteiger partial charge in [0.15, 0.2) is 0 Å². The number of rotatable bonds is 32. The predicted molar refractivity (Wildman–Crippen MR) is 231 cm³/mol. The lowest BCUT2D eigenvalue weighted by molar-refractivity contribution is -0.159. The molecule has 0 aromatic carbocycles. The Morgan fingerprint density at radius 2 is 0.983 bits per heavy atom. The molecule has 5 N–H and O–H groups in total. The Morgan fingerprint density at radius 1 is 0.533 bits per heavy atom. The van der Waals surface area contributed by atoms with Gasteiger partial charge in [-0.2, -0.15) is 0 Å². The van der Waals surface area contributed by atoms with Crippen LogP contribution in [0.15, 0.2) is 0 Å². The second-order valence-electron chi connectivity index (χ2n) is 18.8. The minimum Gasteiger partial charge on any atom is -0.481 e. The molecule has 60 heavy (non-hydrogen) atoms. The van der Waals surface area contributed by atoms with Crippen molar-refractivity contribution in [3.05, 3.63) is 0 Å². The van der Waals surface area contributed by atoms with Gasteiger partial charge in [-0.15, -0.1) is 0 Å². The summed E-state index contributed by atoms with van der Waals surface area (Å²) in [7, 11) is 0. The molecule has 0 heterocycles. The quantitative estimate of drug-likeness (QED) is 0.0321. The SMILES string of the molecule is CC(C)(C)OC(=O)CCCCCCCCCCCCCCCCCCC(=O)NCC1CCC(C(=O)NC(CCC(=O)NC(CCC(=O)O)C(=O)O)C(=O)OC(C)(C)C)CC1. The highest BCUT2D eigenvalue weighted by atomic mass is 16.6. The van der Waals surface area contributed by atoms with Gasteiger partial charge in [0.2, 0.25) is 17.7 Å². The molecule has 2 unspecified atom stereocenters. The minimum atomic E-state index is -1.39. The summed E-state index contributed by atoms with van der Waals surface area (Å²) in [6.45, 7) is 11.3. The molecule has 14 nitrogen and oxygen atoms in total. The lowest BCUT2D eigenvalue weighted by Crippen LogP contribution is -2.48. The lowest BCUT2D eigenvalue weighted by Gasteiger charge is -2.30. The van der Waals surface area contributed by atoms with E-state index in [9.17, 15) is 38.7 Å². The van der Waals surface area contributed by atoms with Crippen LogP contribution >= 0.6 is 0 Å². The topological polar surface area (TPSA) is 214 Å². The minimum absolute atomic E-state index is 0.0638. The van der Waals surface area contributed by atoms with Gasteiger partial charge in [0.05, 0.1) is 0 Å². The second-order valence-corrected chi connectivity index (χ2v) is 18.8. The van der Waals surface area contributed by atoms with E-state index in [1.165, 1.54) is 70.6 Å². The van der Waals surface area contributed by atoms with Gasteiger partial charge in [-0.25, -0.2) is 9.59 Å². The predicted octanol–water partition coefficient (Wildman–Crippen LogP) is 8.31. The fourth-order valence-electron chi connectivity index (χ4n) is 7.38. The number of amides is 3. The first-order valence-electron chi connectivity index (χ1n) is 23.0. The van der Waals surface area contributed by atoms with Gasteiger partial charge < -0.3 is 35.6 Å². The smallest absolute Gasteiger partial charge is 0.329 e. The van der Waals surface area contributed by atoms with Gasteiger partial charge in [-0.1, -0.05) is 89.9 Å². The van der Waals surface area contributed by atoms with E-state index in [1.54, 1.807) is 20.8 Å². The highest BCUT2D eigenvalue weighted by Crippen LogP contribution is 2.29. The summed E-state index contributed by atoms with van der Waals surface area (Å²) < 4.78 is 10.8. The third-order valence-electron chi connectivity index (χ3n) is 10.7. The van der Waals surface area contributed by atoms with Crippen molar-refractivity contribution >= 4 is 41.6 Å². The van der Waals surface area contributed by atoms with E-state index >= 15 is 0 Å². The molecule has 0 radical (unpaired) electrons. The first kappa shape index (κ1) is 54.3. The maximum absolute atomic E-state index is 13.3. The molecule has 1 aliphatic rings. The first-order chi connectivity index (χ1) is 28.3. The Kier molecular flexibility index (Phi) is 27.5. The van der Waals surface area contributed by atoms with Crippen molar-refractivity contribution in [1.82, 2.24) is 16.0 Å². The van der Waals surface area contributed by atoms with Crippen LogP contribution in [0.2, 0.25) is 0 Å². The van der Waals surface area contributed by atoms with Gasteiger partial charge in [0.25, 0.3) is 0 Å². The van der Waals surface area contributed by atoms with Crippen LogP contribution in [0.25, 0.3) is 0 Å². The fraction of sp³-hybridized carbons (Fsp3) is 0.848. The van der Waals surface area contributed by atoms with Crippen molar-refractivity contribution in [3.63, 3.8) is 0 Å². The highest BCUT2D eigenvalue weighted by Gasteiger charge is 2.32. The van der Waals surface area contributed by atoms with Crippen LogP contribution in [-0.4, -0.2) is 81.6 Å². The Labute approximate surface area is 360 Å². The van der Waals surface area contributed by atoms with Gasteiger partial charge >= 0.3 is 23.9 Å². The third kappa shape index (κ3) is 29.5. The molecule has 1 fully saturated rings. The Morgan fingerprint density at radius 3 is 1.43 bits per heavy atom. The van der Waals surface area contributed by atoms with E-state index < -0.39 is 53.5 Å². The van der Waals surface area contributed by atoms with E-state index in [0.717, 1.165) is 44.9 Å². The summed E-state index contributed by atoms with van der Waals surface area (Å²) in [6.07, 6.45) is 21.7. The van der Waals surface area contributed by atoms with Gasteiger partial charge in [0.1, 0.15) is 23.3 Å². The normalized spacial score (nSPS) is 16.6. The second kappa shape index (κ2) is 30.3. The number of ether oxygens (including phenoxy) is 2. The number of esters is 2. The van der Waals surface area contributed by atoms with Gasteiger partial charge in [-0.05, 0) is 98.8 Å². The molecule has 346 valence electrons. The number of carbonyl (C=O) groups excluding carboxylic acids is 5. The van der Waals surface area contributed by atoms with Crippen LogP contribution in [0.5, 0.6) is 0 Å². The zero-order valence-corrected chi connectivity index (χ0v) is 38.0. The zero-order valence-electron chi connectivity index (χ0n) is 38.0. The molecule has 0 aliphatic heterocycles. The molecule has 0 aromatic heterocycles. The first-order valence-corrected chi connectivity index (χ1v) is 23.0. The van der Waals surface area contributed by atoms with E-state index in [-0.39, 0.29) is 48.9 Å². The molecule has 1 saturated carbocycles. The van der Waals surface area contributed by atoms with E-state index in [2.05, 4.69) is 16.0 Å². The number of hydrogen-bond donors (Lipinski definition) is 5. The molecule has 0 bridgehead atoms. The zero-order chi connectivity index (χ0) is 45.0. The number of carboxylic acids is 2. The van der Waals surface area contributed by atoms with Crippen molar-refractivity contribution in [3.8, 4) is 0 Å². The van der Waals surface area contributed by atoms with Crippen LogP contribution in [0.3, 0.4) is 0 Å². The van der Waals surface area contributed by atoms with Crippen molar-refractivity contribution < 1.29 is 53.2 Å². The van der Waals surface area contributed by atoms with Crippen LogP contribution in [-0.2, 0) is 43.0 Å². The van der Waals surface area contributed by atoms with Crippen molar-refractivity contribution in [2.45, 2.75) is 232 Å². The Balaban J connectivity index is 2.18. The van der Waals surface area contributed by atoms with Crippen molar-refractivity contribution in [2.75, 3.05) is 6.54 Å². The summed E-state index contributed by atoms with van der Waals surface area (Å²) in [5, 5.41) is 26.3. The number of nitrogens with one attached hydrogen (secondary N) is 3. The number of unbranched alkanes of at least 4 members (excludes halogenated alkanes) is 15. The molecule has 0 saturated heterocycles. The van der Waals surface area contributed by atoms with E-state index in [0.29, 0.717) is 32.2 Å². The summed E-state index contributed by atoms with van der Waals surface area (Å²) in [4.78, 5) is 85.4. The van der Waals surface area contributed by atoms with Crippen molar-refractivity contribution in [2.24, 2.45) is 11.8 Å². The maximum atomic E-state index is 13.3. The largest absolute Gasteiger partial charge is 0.481 e. The monoisotopic (exact) mass is 852 g/mol. The number of carboxylic acid groups (broad SMARTS) is 2. The maximum Gasteiger partial charge on any atom is 0.329 e. The number of carbonyl (C=O) groups is 7. The van der Waals surface area contributed by atoms with Crippen LogP contribution in [0.4, 0.5) is 0 Å². The van der Waals surface area contributed by atoms with E-state index in [1.807, 2.05) is 20.8 Å². The molecule has 14 heteroatoms. The molecule has 3 amide bonds. The van der Waals surface area contributed by atoms with Crippen LogP contribution < -0.4 is 16.0 Å². The highest BCUT2D eigenvalue weighted by molar-refractivity contribution is 5.87. The molecule has 0 spiro atoms. The summed E-state index contributed by atoms with van der Waals surface area (Å²) in [6, 6.07) is -2.51.